The van der Waals surface area contributed by atoms with Gasteiger partial charge >= 0.3 is 0 Å². The number of amides is 1. The number of benzene rings is 3. The summed E-state index contributed by atoms with van der Waals surface area (Å²) in [4.78, 5) is 15.2. The maximum atomic E-state index is 13.2. The third kappa shape index (κ3) is 5.96. The van der Waals surface area contributed by atoms with Gasteiger partial charge < -0.3 is 9.47 Å². The smallest absolute Gasteiger partial charge is 0.270 e. The van der Waals surface area contributed by atoms with Crippen molar-refractivity contribution in [3.05, 3.63) is 106 Å². The van der Waals surface area contributed by atoms with Gasteiger partial charge in [0.25, 0.3) is 5.91 Å². The number of thiocarbonyl (C=S) groups is 1. The second-order valence-corrected chi connectivity index (χ2v) is 9.82. The molecule has 0 spiro atoms. The summed E-state index contributed by atoms with van der Waals surface area (Å²) < 4.78 is 12.6. The van der Waals surface area contributed by atoms with Crippen molar-refractivity contribution in [2.24, 2.45) is 0 Å². The topological polar surface area (TPSA) is 38.8 Å². The number of ether oxygens (including phenoxy) is 2. The molecule has 0 atom stereocenters. The van der Waals surface area contributed by atoms with Gasteiger partial charge in [0.05, 0.1) is 17.2 Å². The summed E-state index contributed by atoms with van der Waals surface area (Å²) >= 11 is 12.9. The van der Waals surface area contributed by atoms with Crippen LogP contribution in [0.25, 0.3) is 6.08 Å². The summed E-state index contributed by atoms with van der Waals surface area (Å²) in [6.07, 6.45) is 4.25. The van der Waals surface area contributed by atoms with E-state index in [0.717, 1.165) is 16.7 Å². The molecule has 0 radical (unpaired) electrons. The molecule has 0 aliphatic carbocycles. The SMILES string of the molecule is C=CCc1cc(/C=C2/SC(=S)N(c3cccc(Cl)c3)C2=O)cc(OCC)c1OCc1ccccc1. The molecule has 0 aromatic heterocycles. The Bertz CT molecular complexity index is 1290. The molecule has 3 aromatic carbocycles. The number of halogens is 1. The molecule has 0 unspecified atom stereocenters. The number of rotatable bonds is 9. The Morgan fingerprint density at radius 2 is 1.89 bits per heavy atom. The molecule has 35 heavy (non-hydrogen) atoms. The van der Waals surface area contributed by atoms with E-state index in [-0.39, 0.29) is 5.91 Å². The molecule has 1 saturated heterocycles. The molecule has 0 N–H and O–H groups in total. The highest BCUT2D eigenvalue weighted by Gasteiger charge is 2.33. The second-order valence-electron chi connectivity index (χ2n) is 7.70. The van der Waals surface area contributed by atoms with Gasteiger partial charge in [-0.1, -0.05) is 78.1 Å². The standard InChI is InChI=1S/C28H24ClNO3S2/c1-3-9-21-14-20(15-24(32-4-2)26(21)33-18-19-10-6-5-7-11-19)16-25-27(31)30(28(34)35-25)23-13-8-12-22(29)17-23/h3,5-8,10-17H,1,4,9,18H2,2H3/b25-16+. The molecule has 1 heterocycles. The van der Waals surface area contributed by atoms with E-state index in [1.54, 1.807) is 18.2 Å². The summed E-state index contributed by atoms with van der Waals surface area (Å²) in [5.41, 5.74) is 3.46. The van der Waals surface area contributed by atoms with Crippen molar-refractivity contribution in [1.82, 2.24) is 0 Å². The molecule has 0 saturated carbocycles. The third-order valence-electron chi connectivity index (χ3n) is 5.20. The van der Waals surface area contributed by atoms with Crippen molar-refractivity contribution in [3.63, 3.8) is 0 Å². The molecule has 3 aromatic rings. The molecule has 1 fully saturated rings. The monoisotopic (exact) mass is 521 g/mol. The zero-order chi connectivity index (χ0) is 24.8. The number of anilines is 1. The van der Waals surface area contributed by atoms with Crippen molar-refractivity contribution in [1.29, 1.82) is 0 Å². The quantitative estimate of drug-likeness (QED) is 0.166. The molecule has 178 valence electrons. The highest BCUT2D eigenvalue weighted by molar-refractivity contribution is 8.27. The summed E-state index contributed by atoms with van der Waals surface area (Å²) in [6.45, 7) is 6.72. The first-order valence-electron chi connectivity index (χ1n) is 11.1. The lowest BCUT2D eigenvalue weighted by atomic mass is 10.0. The van der Waals surface area contributed by atoms with Crippen LogP contribution < -0.4 is 14.4 Å². The number of nitrogens with zero attached hydrogens (tertiary/aromatic N) is 1. The predicted molar refractivity (Wildman–Crippen MR) is 149 cm³/mol. The van der Waals surface area contributed by atoms with Crippen LogP contribution in [0.5, 0.6) is 11.5 Å². The largest absolute Gasteiger partial charge is 0.490 e. The Labute approximate surface area is 220 Å². The number of carbonyl (C=O) groups is 1. The van der Waals surface area contributed by atoms with Crippen molar-refractivity contribution in [2.45, 2.75) is 20.0 Å². The number of carbonyl (C=O) groups excluding carboxylic acids is 1. The zero-order valence-electron chi connectivity index (χ0n) is 19.2. The number of thioether (sulfide) groups is 1. The van der Waals surface area contributed by atoms with Gasteiger partial charge in [0.2, 0.25) is 0 Å². The van der Waals surface area contributed by atoms with Crippen LogP contribution >= 0.6 is 35.6 Å². The fourth-order valence-corrected chi connectivity index (χ4v) is 5.17. The van der Waals surface area contributed by atoms with Crippen LogP contribution in [0, 0.1) is 0 Å². The molecule has 4 rings (SSSR count). The fourth-order valence-electron chi connectivity index (χ4n) is 3.69. The summed E-state index contributed by atoms with van der Waals surface area (Å²) in [6, 6.07) is 21.0. The Hall–Kier alpha value is -3.06. The summed E-state index contributed by atoms with van der Waals surface area (Å²) in [7, 11) is 0. The molecule has 1 aliphatic heterocycles. The van der Waals surface area contributed by atoms with Crippen molar-refractivity contribution < 1.29 is 14.3 Å². The lowest BCUT2D eigenvalue weighted by Crippen LogP contribution is -2.27. The van der Waals surface area contributed by atoms with E-state index in [4.69, 9.17) is 33.3 Å². The summed E-state index contributed by atoms with van der Waals surface area (Å²) in [5, 5.41) is 0.544. The van der Waals surface area contributed by atoms with E-state index in [2.05, 4.69) is 6.58 Å². The first-order valence-corrected chi connectivity index (χ1v) is 12.7. The van der Waals surface area contributed by atoms with Crippen molar-refractivity contribution in [3.8, 4) is 11.5 Å². The lowest BCUT2D eigenvalue weighted by molar-refractivity contribution is -0.113. The number of hydrogen-bond acceptors (Lipinski definition) is 5. The minimum absolute atomic E-state index is 0.185. The highest BCUT2D eigenvalue weighted by atomic mass is 35.5. The van der Waals surface area contributed by atoms with Crippen LogP contribution in [0.1, 0.15) is 23.6 Å². The molecule has 0 bridgehead atoms. The zero-order valence-corrected chi connectivity index (χ0v) is 21.6. The molecule has 1 amide bonds. The van der Waals surface area contributed by atoms with Gasteiger partial charge in [-0.15, -0.1) is 6.58 Å². The predicted octanol–water partition coefficient (Wildman–Crippen LogP) is 7.45. The Kier molecular flexibility index (Phi) is 8.29. The van der Waals surface area contributed by atoms with Crippen molar-refractivity contribution in [2.75, 3.05) is 11.5 Å². The third-order valence-corrected chi connectivity index (χ3v) is 6.74. The number of allylic oxidation sites excluding steroid dienone is 1. The molecule has 7 heteroatoms. The average molecular weight is 522 g/mol. The van der Waals surface area contributed by atoms with E-state index in [0.29, 0.717) is 51.1 Å². The lowest BCUT2D eigenvalue weighted by Gasteiger charge is -2.17. The van der Waals surface area contributed by atoms with Gasteiger partial charge in [-0.05, 0) is 60.9 Å². The molecular weight excluding hydrogens is 498 g/mol. The molecule has 4 nitrogen and oxygen atoms in total. The average Bonchev–Trinajstić information content (AvgIpc) is 3.12. The maximum Gasteiger partial charge on any atom is 0.270 e. The first-order chi connectivity index (χ1) is 17.0. The van der Waals surface area contributed by atoms with Crippen LogP contribution in [0.2, 0.25) is 5.02 Å². The molecular formula is C28H24ClNO3S2. The van der Waals surface area contributed by atoms with Gasteiger partial charge in [-0.25, -0.2) is 0 Å². The van der Waals surface area contributed by atoms with Crippen molar-refractivity contribution >= 4 is 57.6 Å². The van der Waals surface area contributed by atoms with Crippen LogP contribution in [0.4, 0.5) is 5.69 Å². The van der Waals surface area contributed by atoms with Gasteiger partial charge in [0.15, 0.2) is 15.8 Å². The van der Waals surface area contributed by atoms with E-state index in [9.17, 15) is 4.79 Å². The van der Waals surface area contributed by atoms with Gasteiger partial charge in [0.1, 0.15) is 6.61 Å². The van der Waals surface area contributed by atoms with Crippen LogP contribution in [-0.2, 0) is 17.8 Å². The Morgan fingerprint density at radius 1 is 1.09 bits per heavy atom. The summed E-state index contributed by atoms with van der Waals surface area (Å²) in [5.74, 6) is 1.12. The van der Waals surface area contributed by atoms with E-state index < -0.39 is 0 Å². The minimum Gasteiger partial charge on any atom is -0.490 e. The second kappa shape index (κ2) is 11.6. The first kappa shape index (κ1) is 25.0. The maximum absolute atomic E-state index is 13.2. The van der Waals surface area contributed by atoms with Gasteiger partial charge in [-0.3, -0.25) is 9.69 Å². The molecule has 1 aliphatic rings. The number of hydrogen-bond donors (Lipinski definition) is 0. The minimum atomic E-state index is -0.185. The van der Waals surface area contributed by atoms with Crippen LogP contribution in [0.15, 0.2) is 84.3 Å². The van der Waals surface area contributed by atoms with Crippen LogP contribution in [0.3, 0.4) is 0 Å². The van der Waals surface area contributed by atoms with Crippen LogP contribution in [-0.4, -0.2) is 16.8 Å². The highest BCUT2D eigenvalue weighted by Crippen LogP contribution is 2.39. The fraction of sp³-hybridized carbons (Fsp3) is 0.143. The van der Waals surface area contributed by atoms with Gasteiger partial charge in [-0.2, -0.15) is 0 Å². The Balaban J connectivity index is 1.67. The van der Waals surface area contributed by atoms with E-state index >= 15 is 0 Å². The van der Waals surface area contributed by atoms with E-state index in [1.807, 2.05) is 67.6 Å². The van der Waals surface area contributed by atoms with Gasteiger partial charge in [0, 0.05) is 10.6 Å². The van der Waals surface area contributed by atoms with E-state index in [1.165, 1.54) is 16.7 Å². The normalized spacial score (nSPS) is 14.5. The Morgan fingerprint density at radius 3 is 2.60 bits per heavy atom.